The zero-order valence-electron chi connectivity index (χ0n) is 14.4. The highest BCUT2D eigenvalue weighted by molar-refractivity contribution is 6.33. The van der Waals surface area contributed by atoms with E-state index in [0.717, 1.165) is 5.56 Å². The van der Waals surface area contributed by atoms with Gasteiger partial charge in [0.1, 0.15) is 6.61 Å². The lowest BCUT2D eigenvalue weighted by Crippen LogP contribution is -2.46. The maximum absolute atomic E-state index is 12.5. The number of benzene rings is 2. The third-order valence-electron chi connectivity index (χ3n) is 4.42. The van der Waals surface area contributed by atoms with Gasteiger partial charge >= 0.3 is 6.09 Å². The predicted molar refractivity (Wildman–Crippen MR) is 100 cm³/mol. The van der Waals surface area contributed by atoms with Crippen LogP contribution in [0.15, 0.2) is 54.6 Å². The molecule has 0 spiro atoms. The van der Waals surface area contributed by atoms with Gasteiger partial charge in [-0.3, -0.25) is 4.79 Å². The molecule has 5 nitrogen and oxygen atoms in total. The van der Waals surface area contributed by atoms with Gasteiger partial charge in [-0.05, 0) is 30.5 Å². The van der Waals surface area contributed by atoms with Crippen LogP contribution < -0.4 is 5.32 Å². The van der Waals surface area contributed by atoms with Crippen molar-refractivity contribution in [2.75, 3.05) is 13.1 Å². The fourth-order valence-electron chi connectivity index (χ4n) is 2.96. The molecule has 6 heteroatoms. The molecule has 0 bridgehead atoms. The summed E-state index contributed by atoms with van der Waals surface area (Å²) in [5, 5.41) is 3.33. The average Bonchev–Trinajstić information content (AvgIpc) is 2.68. The molecule has 0 atom stereocenters. The molecule has 2 aromatic carbocycles. The van der Waals surface area contributed by atoms with Crippen molar-refractivity contribution >= 4 is 23.6 Å². The van der Waals surface area contributed by atoms with E-state index in [2.05, 4.69) is 5.32 Å². The molecule has 0 aliphatic carbocycles. The number of nitrogens with zero attached hydrogens (tertiary/aromatic N) is 1. The number of nitrogens with one attached hydrogen (secondary N) is 1. The summed E-state index contributed by atoms with van der Waals surface area (Å²) in [5.74, 6) is -0.0688. The van der Waals surface area contributed by atoms with Crippen LogP contribution >= 0.6 is 11.6 Å². The second-order valence-electron chi connectivity index (χ2n) is 6.25. The van der Waals surface area contributed by atoms with Gasteiger partial charge in [0.25, 0.3) is 5.91 Å². The smallest absolute Gasteiger partial charge is 0.407 e. The van der Waals surface area contributed by atoms with E-state index >= 15 is 0 Å². The number of carbonyl (C=O) groups excluding carboxylic acids is 2. The van der Waals surface area contributed by atoms with Crippen molar-refractivity contribution in [2.24, 2.45) is 0 Å². The van der Waals surface area contributed by atoms with Crippen molar-refractivity contribution < 1.29 is 14.3 Å². The molecule has 2 aromatic rings. The number of carbonyl (C=O) groups is 2. The van der Waals surface area contributed by atoms with Crippen molar-refractivity contribution in [3.05, 3.63) is 70.7 Å². The van der Waals surface area contributed by atoms with E-state index in [-0.39, 0.29) is 18.6 Å². The van der Waals surface area contributed by atoms with Gasteiger partial charge in [0, 0.05) is 19.1 Å². The average molecular weight is 373 g/mol. The van der Waals surface area contributed by atoms with Crippen molar-refractivity contribution in [1.82, 2.24) is 10.2 Å². The molecule has 3 rings (SSSR count). The summed E-state index contributed by atoms with van der Waals surface area (Å²) in [6, 6.07) is 16.6. The summed E-state index contributed by atoms with van der Waals surface area (Å²) < 4.78 is 5.24. The van der Waals surface area contributed by atoms with Crippen LogP contribution in [0.25, 0.3) is 0 Å². The third-order valence-corrected chi connectivity index (χ3v) is 4.75. The van der Waals surface area contributed by atoms with Crippen molar-refractivity contribution in [3.63, 3.8) is 0 Å². The van der Waals surface area contributed by atoms with Crippen LogP contribution in [0.1, 0.15) is 28.8 Å². The number of halogens is 1. The number of hydrogen-bond donors (Lipinski definition) is 1. The Balaban J connectivity index is 1.44. The summed E-state index contributed by atoms with van der Waals surface area (Å²) in [4.78, 5) is 26.2. The molecular weight excluding hydrogens is 352 g/mol. The van der Waals surface area contributed by atoms with E-state index < -0.39 is 6.09 Å². The molecule has 0 radical (unpaired) electrons. The molecule has 2 amide bonds. The molecule has 0 unspecified atom stereocenters. The van der Waals surface area contributed by atoms with Gasteiger partial charge in [0.15, 0.2) is 0 Å². The molecule has 1 fully saturated rings. The Morgan fingerprint density at radius 2 is 1.69 bits per heavy atom. The minimum Gasteiger partial charge on any atom is -0.445 e. The minimum absolute atomic E-state index is 0.00793. The van der Waals surface area contributed by atoms with Gasteiger partial charge in [-0.2, -0.15) is 0 Å². The first-order chi connectivity index (χ1) is 12.6. The number of piperidine rings is 1. The normalized spacial score (nSPS) is 14.7. The molecule has 1 aliphatic rings. The predicted octanol–water partition coefficient (Wildman–Crippen LogP) is 3.87. The van der Waals surface area contributed by atoms with Crippen LogP contribution in [0.5, 0.6) is 0 Å². The Labute approximate surface area is 157 Å². The fourth-order valence-corrected chi connectivity index (χ4v) is 3.18. The van der Waals surface area contributed by atoms with Gasteiger partial charge in [-0.1, -0.05) is 54.1 Å². The number of rotatable bonds is 4. The third kappa shape index (κ3) is 4.76. The first-order valence-corrected chi connectivity index (χ1v) is 9.02. The SMILES string of the molecule is O=C(NC1CCN(C(=O)c2ccccc2Cl)CC1)OCc1ccccc1. The summed E-state index contributed by atoms with van der Waals surface area (Å²) in [6.07, 6.45) is 0.956. The number of amides is 2. The summed E-state index contributed by atoms with van der Waals surface area (Å²) >= 11 is 6.10. The molecule has 0 saturated carbocycles. The van der Waals surface area contributed by atoms with Crippen molar-refractivity contribution in [3.8, 4) is 0 Å². The zero-order valence-corrected chi connectivity index (χ0v) is 15.1. The van der Waals surface area contributed by atoms with Crippen molar-refractivity contribution in [2.45, 2.75) is 25.5 Å². The lowest BCUT2D eigenvalue weighted by Gasteiger charge is -2.32. The Morgan fingerprint density at radius 1 is 1.04 bits per heavy atom. The molecule has 1 aliphatic heterocycles. The highest BCUT2D eigenvalue weighted by Gasteiger charge is 2.25. The number of likely N-dealkylation sites (tertiary alicyclic amines) is 1. The monoisotopic (exact) mass is 372 g/mol. The van der Waals surface area contributed by atoms with Crippen LogP contribution in [-0.2, 0) is 11.3 Å². The molecule has 1 heterocycles. The highest BCUT2D eigenvalue weighted by atomic mass is 35.5. The van der Waals surface area contributed by atoms with E-state index in [1.807, 2.05) is 30.3 Å². The minimum atomic E-state index is -0.426. The fraction of sp³-hybridized carbons (Fsp3) is 0.300. The van der Waals surface area contributed by atoms with Crippen LogP contribution in [0.3, 0.4) is 0 Å². The standard InChI is InChI=1S/C20H21ClN2O3/c21-18-9-5-4-8-17(18)19(24)23-12-10-16(11-13-23)22-20(25)26-14-15-6-2-1-3-7-15/h1-9,16H,10-14H2,(H,22,25). The number of alkyl carbamates (subject to hydrolysis) is 1. The van der Waals surface area contributed by atoms with Gasteiger partial charge in [-0.15, -0.1) is 0 Å². The summed E-state index contributed by atoms with van der Waals surface area (Å²) in [6.45, 7) is 1.40. The van der Waals surface area contributed by atoms with Gasteiger partial charge in [0.2, 0.25) is 0 Å². The Bertz CT molecular complexity index is 759. The largest absolute Gasteiger partial charge is 0.445 e. The van der Waals surface area contributed by atoms with E-state index in [1.165, 1.54) is 0 Å². The van der Waals surface area contributed by atoms with E-state index in [9.17, 15) is 9.59 Å². The summed E-state index contributed by atoms with van der Waals surface area (Å²) in [5.41, 5.74) is 1.46. The van der Waals surface area contributed by atoms with E-state index in [4.69, 9.17) is 16.3 Å². The van der Waals surface area contributed by atoms with Gasteiger partial charge in [0.05, 0.1) is 10.6 Å². The highest BCUT2D eigenvalue weighted by Crippen LogP contribution is 2.20. The first kappa shape index (κ1) is 18.3. The van der Waals surface area contributed by atoms with Crippen LogP contribution in [0.2, 0.25) is 5.02 Å². The van der Waals surface area contributed by atoms with Crippen LogP contribution in [0, 0.1) is 0 Å². The Kier molecular flexibility index (Phi) is 6.12. The second kappa shape index (κ2) is 8.72. The number of hydrogen-bond acceptors (Lipinski definition) is 3. The molecule has 26 heavy (non-hydrogen) atoms. The van der Waals surface area contributed by atoms with Crippen LogP contribution in [0.4, 0.5) is 4.79 Å². The molecule has 0 aromatic heterocycles. The lowest BCUT2D eigenvalue weighted by molar-refractivity contribution is 0.0701. The molecule has 136 valence electrons. The first-order valence-electron chi connectivity index (χ1n) is 8.64. The maximum atomic E-state index is 12.5. The van der Waals surface area contributed by atoms with Crippen molar-refractivity contribution in [1.29, 1.82) is 0 Å². The van der Waals surface area contributed by atoms with Crippen LogP contribution in [-0.4, -0.2) is 36.0 Å². The second-order valence-corrected chi connectivity index (χ2v) is 6.66. The topological polar surface area (TPSA) is 58.6 Å². The Morgan fingerprint density at radius 3 is 2.38 bits per heavy atom. The Hall–Kier alpha value is -2.53. The van der Waals surface area contributed by atoms with E-state index in [0.29, 0.717) is 36.5 Å². The molecule has 1 N–H and O–H groups in total. The lowest BCUT2D eigenvalue weighted by atomic mass is 10.0. The quantitative estimate of drug-likeness (QED) is 0.886. The molecule has 1 saturated heterocycles. The van der Waals surface area contributed by atoms with E-state index in [1.54, 1.807) is 29.2 Å². The number of ether oxygens (including phenoxy) is 1. The van der Waals surface area contributed by atoms with Gasteiger partial charge in [-0.25, -0.2) is 4.79 Å². The summed E-state index contributed by atoms with van der Waals surface area (Å²) in [7, 11) is 0. The van der Waals surface area contributed by atoms with Gasteiger partial charge < -0.3 is 15.0 Å². The maximum Gasteiger partial charge on any atom is 0.407 e. The molecular formula is C20H21ClN2O3. The zero-order chi connectivity index (χ0) is 18.4.